The van der Waals surface area contributed by atoms with Crippen LogP contribution in [0.15, 0.2) is 27.4 Å². The van der Waals surface area contributed by atoms with Gasteiger partial charge in [-0.15, -0.1) is 0 Å². The molecule has 0 amide bonds. The molecule has 0 fully saturated rings. The van der Waals surface area contributed by atoms with Crippen LogP contribution in [0.25, 0.3) is 10.9 Å². The summed E-state index contributed by atoms with van der Waals surface area (Å²) in [7, 11) is 0. The molecule has 0 atom stereocenters. The second kappa shape index (κ2) is 2.81. The first-order valence-corrected chi connectivity index (χ1v) is 4.21. The van der Waals surface area contributed by atoms with Crippen LogP contribution in [-0.4, -0.2) is 4.98 Å². The van der Waals surface area contributed by atoms with E-state index in [1.807, 2.05) is 19.1 Å². The first-order valence-electron chi connectivity index (χ1n) is 3.80. The lowest BCUT2D eigenvalue weighted by atomic mass is 10.2. The highest BCUT2D eigenvalue weighted by Crippen LogP contribution is 2.08. The quantitative estimate of drug-likeness (QED) is 0.652. The fourth-order valence-electron chi connectivity index (χ4n) is 1.21. The molecular weight excluding hydrogens is 186 g/mol. The molecule has 3 nitrogen and oxygen atoms in total. The highest BCUT2D eigenvalue weighted by atomic mass is 32.1. The lowest BCUT2D eigenvalue weighted by molar-refractivity contribution is 0.484. The molecule has 1 heterocycles. The minimum Gasteiger partial charge on any atom is -0.395 e. The van der Waals surface area contributed by atoms with E-state index in [0.717, 1.165) is 5.56 Å². The smallest absolute Gasteiger partial charge is 0.347 e. The average molecular weight is 193 g/mol. The Balaban J connectivity index is 3.04. The van der Waals surface area contributed by atoms with E-state index >= 15 is 0 Å². The molecule has 66 valence electrons. The molecule has 0 spiro atoms. The largest absolute Gasteiger partial charge is 0.395 e. The SMILES string of the molecule is Cc1ccc2[nH]c(=S)oc(=O)c2c1. The highest BCUT2D eigenvalue weighted by Gasteiger charge is 1.99. The maximum Gasteiger partial charge on any atom is 0.347 e. The minimum absolute atomic E-state index is 0.112. The van der Waals surface area contributed by atoms with Gasteiger partial charge in [-0.3, -0.25) is 0 Å². The fraction of sp³-hybridized carbons (Fsp3) is 0.111. The first kappa shape index (κ1) is 8.19. The molecule has 0 aliphatic carbocycles. The predicted molar refractivity (Wildman–Crippen MR) is 52.4 cm³/mol. The van der Waals surface area contributed by atoms with Gasteiger partial charge in [-0.25, -0.2) is 4.79 Å². The van der Waals surface area contributed by atoms with Crippen molar-refractivity contribution in [2.24, 2.45) is 0 Å². The molecule has 1 aromatic heterocycles. The standard InChI is InChI=1S/C9H7NO2S/c1-5-2-3-7-6(4-5)8(11)12-9(13)10-7/h2-4H,1H3,(H,10,13). The van der Waals surface area contributed by atoms with Crippen molar-refractivity contribution in [2.75, 3.05) is 0 Å². The van der Waals surface area contributed by atoms with Crippen LogP contribution >= 0.6 is 12.2 Å². The van der Waals surface area contributed by atoms with Crippen LogP contribution in [0, 0.1) is 11.8 Å². The summed E-state index contributed by atoms with van der Waals surface area (Å²) in [6.45, 7) is 1.92. The lowest BCUT2D eigenvalue weighted by Gasteiger charge is -1.96. The molecule has 1 N–H and O–H groups in total. The zero-order valence-corrected chi connectivity index (χ0v) is 7.77. The monoisotopic (exact) mass is 193 g/mol. The van der Waals surface area contributed by atoms with E-state index < -0.39 is 0 Å². The molecule has 0 saturated carbocycles. The van der Waals surface area contributed by atoms with Crippen LogP contribution in [0.5, 0.6) is 0 Å². The third-order valence-electron chi connectivity index (χ3n) is 1.82. The summed E-state index contributed by atoms with van der Waals surface area (Å²) in [5.74, 6) is 0. The molecule has 2 aromatic rings. The number of hydrogen-bond acceptors (Lipinski definition) is 3. The van der Waals surface area contributed by atoms with Crippen molar-refractivity contribution >= 4 is 23.1 Å². The van der Waals surface area contributed by atoms with Crippen LogP contribution in [0.1, 0.15) is 5.56 Å². The predicted octanol–water partition coefficient (Wildman–Crippen LogP) is 2.16. The number of benzene rings is 1. The Morgan fingerprint density at radius 3 is 3.00 bits per heavy atom. The molecule has 0 radical (unpaired) electrons. The summed E-state index contributed by atoms with van der Waals surface area (Å²) in [4.78, 5) is 14.2. The van der Waals surface area contributed by atoms with E-state index in [2.05, 4.69) is 4.98 Å². The summed E-state index contributed by atoms with van der Waals surface area (Å²) >= 11 is 4.74. The number of fused-ring (bicyclic) bond motifs is 1. The Morgan fingerprint density at radius 2 is 2.23 bits per heavy atom. The van der Waals surface area contributed by atoms with Crippen molar-refractivity contribution in [2.45, 2.75) is 6.92 Å². The third-order valence-corrected chi connectivity index (χ3v) is 2.00. The topological polar surface area (TPSA) is 46.0 Å². The third kappa shape index (κ3) is 1.40. The van der Waals surface area contributed by atoms with Crippen molar-refractivity contribution in [3.63, 3.8) is 0 Å². The number of hydrogen-bond donors (Lipinski definition) is 1. The van der Waals surface area contributed by atoms with E-state index in [1.165, 1.54) is 0 Å². The normalized spacial score (nSPS) is 10.5. The Kier molecular flexibility index (Phi) is 1.77. The van der Waals surface area contributed by atoms with Crippen molar-refractivity contribution in [1.29, 1.82) is 0 Å². The Labute approximate surface area is 79.0 Å². The fourth-order valence-corrected chi connectivity index (χ4v) is 1.40. The van der Waals surface area contributed by atoms with Gasteiger partial charge in [-0.1, -0.05) is 11.6 Å². The van der Waals surface area contributed by atoms with Crippen molar-refractivity contribution in [1.82, 2.24) is 4.98 Å². The molecule has 13 heavy (non-hydrogen) atoms. The Morgan fingerprint density at radius 1 is 1.46 bits per heavy atom. The summed E-state index contributed by atoms with van der Waals surface area (Å²) in [5, 5.41) is 0.536. The van der Waals surface area contributed by atoms with Crippen LogP contribution in [-0.2, 0) is 0 Å². The van der Waals surface area contributed by atoms with Gasteiger partial charge >= 0.3 is 5.63 Å². The van der Waals surface area contributed by atoms with Gasteiger partial charge in [-0.05, 0) is 31.3 Å². The highest BCUT2D eigenvalue weighted by molar-refractivity contribution is 7.71. The number of aromatic amines is 1. The molecule has 4 heteroatoms. The lowest BCUT2D eigenvalue weighted by Crippen LogP contribution is -2.01. The van der Waals surface area contributed by atoms with E-state index in [0.29, 0.717) is 10.9 Å². The van der Waals surface area contributed by atoms with Gasteiger partial charge in [0.2, 0.25) is 0 Å². The number of aryl methyl sites for hydroxylation is 1. The van der Waals surface area contributed by atoms with Crippen molar-refractivity contribution < 1.29 is 4.42 Å². The number of rotatable bonds is 0. The summed E-state index contributed by atoms with van der Waals surface area (Å²) in [5.41, 5.74) is 1.35. The summed E-state index contributed by atoms with van der Waals surface area (Å²) in [6, 6.07) is 5.50. The average Bonchev–Trinajstić information content (AvgIpc) is 2.06. The first-order chi connectivity index (χ1) is 6.16. The van der Waals surface area contributed by atoms with E-state index in [9.17, 15) is 4.79 Å². The molecule has 0 unspecified atom stereocenters. The molecular formula is C9H7NO2S. The molecule has 1 aromatic carbocycles. The molecule has 0 saturated heterocycles. The molecule has 0 aliphatic heterocycles. The Bertz CT molecular complexity index is 568. The second-order valence-electron chi connectivity index (χ2n) is 2.85. The second-order valence-corrected chi connectivity index (χ2v) is 3.22. The van der Waals surface area contributed by atoms with Gasteiger partial charge in [0.15, 0.2) is 0 Å². The summed E-state index contributed by atoms with van der Waals surface area (Å²) in [6.07, 6.45) is 0. The van der Waals surface area contributed by atoms with Crippen LogP contribution in [0.4, 0.5) is 0 Å². The Hall–Kier alpha value is -1.42. The zero-order valence-electron chi connectivity index (χ0n) is 6.96. The maximum absolute atomic E-state index is 11.3. The zero-order chi connectivity index (χ0) is 9.42. The van der Waals surface area contributed by atoms with Gasteiger partial charge in [0.25, 0.3) is 4.84 Å². The number of nitrogens with one attached hydrogen (secondary N) is 1. The van der Waals surface area contributed by atoms with Crippen molar-refractivity contribution in [3.05, 3.63) is 39.0 Å². The number of H-pyrrole nitrogens is 1. The molecule has 2 rings (SSSR count). The van der Waals surface area contributed by atoms with E-state index in [1.54, 1.807) is 6.07 Å². The van der Waals surface area contributed by atoms with Crippen LogP contribution in [0.2, 0.25) is 0 Å². The van der Waals surface area contributed by atoms with Gasteiger partial charge in [0, 0.05) is 0 Å². The van der Waals surface area contributed by atoms with E-state index in [-0.39, 0.29) is 10.5 Å². The number of aromatic nitrogens is 1. The van der Waals surface area contributed by atoms with Crippen LogP contribution in [0.3, 0.4) is 0 Å². The van der Waals surface area contributed by atoms with Gasteiger partial charge in [0.1, 0.15) is 0 Å². The maximum atomic E-state index is 11.3. The van der Waals surface area contributed by atoms with Crippen LogP contribution < -0.4 is 5.63 Å². The molecule has 0 bridgehead atoms. The van der Waals surface area contributed by atoms with Crippen molar-refractivity contribution in [3.8, 4) is 0 Å². The minimum atomic E-state index is -0.387. The van der Waals surface area contributed by atoms with Gasteiger partial charge in [0.05, 0.1) is 10.9 Å². The van der Waals surface area contributed by atoms with Gasteiger partial charge in [-0.2, -0.15) is 0 Å². The van der Waals surface area contributed by atoms with E-state index in [4.69, 9.17) is 16.6 Å². The molecule has 0 aliphatic rings. The summed E-state index contributed by atoms with van der Waals surface area (Å²) < 4.78 is 4.75. The van der Waals surface area contributed by atoms with Gasteiger partial charge < -0.3 is 9.40 Å².